The number of aryl methyl sites for hydroxylation is 2. The third-order valence-corrected chi connectivity index (χ3v) is 5.26. The number of aromatic nitrogens is 2. The number of hydrogen-bond donors (Lipinski definition) is 0. The van der Waals surface area contributed by atoms with Crippen LogP contribution in [0, 0.1) is 23.7 Å². The van der Waals surface area contributed by atoms with E-state index in [0.717, 1.165) is 28.7 Å². The first kappa shape index (κ1) is 18.8. The van der Waals surface area contributed by atoms with Crippen LogP contribution in [0.4, 0.5) is 4.79 Å². The second kappa shape index (κ2) is 6.75. The molecule has 1 aromatic heterocycles. The first-order chi connectivity index (χ1) is 11.1. The molecule has 132 valence electrons. The highest BCUT2D eigenvalue weighted by Gasteiger charge is 2.40. The van der Waals surface area contributed by atoms with E-state index in [1.165, 1.54) is 0 Å². The van der Waals surface area contributed by atoms with Crippen LogP contribution < -0.4 is 0 Å². The Hall–Kier alpha value is -1.55. The lowest BCUT2D eigenvalue weighted by atomic mass is 9.77. The van der Waals surface area contributed by atoms with Crippen molar-refractivity contribution in [1.29, 1.82) is 5.26 Å². The van der Waals surface area contributed by atoms with Gasteiger partial charge in [-0.2, -0.15) is 10.4 Å². The van der Waals surface area contributed by atoms with Crippen LogP contribution in [-0.4, -0.2) is 39.5 Å². The van der Waals surface area contributed by atoms with Gasteiger partial charge in [-0.25, -0.2) is 4.79 Å². The Labute approximate surface area is 151 Å². The SMILES string of the molecule is Cc1nn(C)c(CC2(C#N)CCCN(C(=O)OC(C)(C)C)C2)c1Br. The number of amides is 1. The molecule has 2 heterocycles. The fraction of sp³-hybridized carbons (Fsp3) is 0.706. The number of nitriles is 1. The van der Waals surface area contributed by atoms with E-state index in [4.69, 9.17) is 4.74 Å². The van der Waals surface area contributed by atoms with Crippen molar-refractivity contribution in [2.24, 2.45) is 12.5 Å². The van der Waals surface area contributed by atoms with Crippen molar-refractivity contribution in [3.63, 3.8) is 0 Å². The first-order valence-electron chi connectivity index (χ1n) is 8.14. The van der Waals surface area contributed by atoms with Crippen LogP contribution in [0.2, 0.25) is 0 Å². The minimum absolute atomic E-state index is 0.345. The van der Waals surface area contributed by atoms with Gasteiger partial charge >= 0.3 is 6.09 Å². The van der Waals surface area contributed by atoms with Gasteiger partial charge in [-0.3, -0.25) is 4.68 Å². The lowest BCUT2D eigenvalue weighted by Crippen LogP contribution is -2.48. The Morgan fingerprint density at radius 2 is 2.17 bits per heavy atom. The monoisotopic (exact) mass is 396 g/mol. The highest BCUT2D eigenvalue weighted by molar-refractivity contribution is 9.10. The van der Waals surface area contributed by atoms with E-state index < -0.39 is 11.0 Å². The lowest BCUT2D eigenvalue weighted by molar-refractivity contribution is 0.0109. The maximum absolute atomic E-state index is 12.4. The second-order valence-corrected chi connectivity index (χ2v) is 8.34. The Morgan fingerprint density at radius 3 is 2.67 bits per heavy atom. The largest absolute Gasteiger partial charge is 0.444 e. The van der Waals surface area contributed by atoms with Crippen molar-refractivity contribution >= 4 is 22.0 Å². The van der Waals surface area contributed by atoms with Gasteiger partial charge in [0.15, 0.2) is 0 Å². The van der Waals surface area contributed by atoms with Crippen LogP contribution in [0.15, 0.2) is 4.47 Å². The molecule has 1 saturated heterocycles. The van der Waals surface area contributed by atoms with Gasteiger partial charge in [0.1, 0.15) is 5.60 Å². The predicted octanol–water partition coefficient (Wildman–Crippen LogP) is 3.57. The van der Waals surface area contributed by atoms with Crippen LogP contribution in [0.25, 0.3) is 0 Å². The Balaban J connectivity index is 2.20. The van der Waals surface area contributed by atoms with Crippen LogP contribution in [0.3, 0.4) is 0 Å². The summed E-state index contributed by atoms with van der Waals surface area (Å²) in [5.41, 5.74) is 0.740. The number of hydrogen-bond acceptors (Lipinski definition) is 4. The molecule has 1 atom stereocenters. The summed E-state index contributed by atoms with van der Waals surface area (Å²) in [6.45, 7) is 8.49. The number of halogens is 1. The summed E-state index contributed by atoms with van der Waals surface area (Å²) in [4.78, 5) is 14.0. The molecule has 1 aliphatic heterocycles. The lowest BCUT2D eigenvalue weighted by Gasteiger charge is -2.38. The molecule has 0 aromatic carbocycles. The van der Waals surface area contributed by atoms with Crippen molar-refractivity contribution in [2.75, 3.05) is 13.1 Å². The molecule has 1 amide bonds. The first-order valence-corrected chi connectivity index (χ1v) is 8.93. The minimum atomic E-state index is -0.613. The van der Waals surface area contributed by atoms with E-state index >= 15 is 0 Å². The number of carbonyl (C=O) groups excluding carboxylic acids is 1. The summed E-state index contributed by atoms with van der Waals surface area (Å²) in [5, 5.41) is 14.2. The van der Waals surface area contributed by atoms with Gasteiger partial charge in [0.05, 0.1) is 27.3 Å². The van der Waals surface area contributed by atoms with Crippen molar-refractivity contribution in [3.8, 4) is 6.07 Å². The number of carbonyl (C=O) groups is 1. The zero-order valence-corrected chi connectivity index (χ0v) is 16.6. The smallest absolute Gasteiger partial charge is 0.410 e. The summed E-state index contributed by atoms with van der Waals surface area (Å²) in [7, 11) is 1.88. The van der Waals surface area contributed by atoms with E-state index in [2.05, 4.69) is 27.1 Å². The Bertz CT molecular complexity index is 671. The van der Waals surface area contributed by atoms with Crippen LogP contribution >= 0.6 is 15.9 Å². The van der Waals surface area contributed by atoms with Gasteiger partial charge in [-0.15, -0.1) is 0 Å². The topological polar surface area (TPSA) is 71.2 Å². The molecular weight excluding hydrogens is 372 g/mol. The highest BCUT2D eigenvalue weighted by atomic mass is 79.9. The van der Waals surface area contributed by atoms with Gasteiger partial charge in [-0.05, 0) is 56.5 Å². The van der Waals surface area contributed by atoms with E-state index in [-0.39, 0.29) is 6.09 Å². The average molecular weight is 397 g/mol. The molecule has 1 aromatic rings. The summed E-state index contributed by atoms with van der Waals surface area (Å²) in [5.74, 6) is 0. The van der Waals surface area contributed by atoms with Crippen LogP contribution in [-0.2, 0) is 18.2 Å². The normalized spacial score (nSPS) is 21.5. The van der Waals surface area contributed by atoms with Gasteiger partial charge < -0.3 is 9.64 Å². The number of ether oxygens (including phenoxy) is 1. The van der Waals surface area contributed by atoms with Gasteiger partial charge in [0.2, 0.25) is 0 Å². The molecule has 1 unspecified atom stereocenters. The van der Waals surface area contributed by atoms with Crippen LogP contribution in [0.5, 0.6) is 0 Å². The molecule has 1 aliphatic rings. The third kappa shape index (κ3) is 4.10. The maximum atomic E-state index is 12.4. The van der Waals surface area contributed by atoms with E-state index in [1.54, 1.807) is 4.90 Å². The van der Waals surface area contributed by atoms with Crippen molar-refractivity contribution in [3.05, 3.63) is 15.9 Å². The van der Waals surface area contributed by atoms with Gasteiger partial charge in [-0.1, -0.05) is 0 Å². The second-order valence-electron chi connectivity index (χ2n) is 7.54. The fourth-order valence-electron chi connectivity index (χ4n) is 3.08. The molecule has 1 fully saturated rings. The maximum Gasteiger partial charge on any atom is 0.410 e. The molecule has 2 rings (SSSR count). The number of nitrogens with zero attached hydrogens (tertiary/aromatic N) is 4. The van der Waals surface area contributed by atoms with Gasteiger partial charge in [0.25, 0.3) is 0 Å². The quantitative estimate of drug-likeness (QED) is 0.765. The van der Waals surface area contributed by atoms with Crippen molar-refractivity contribution in [2.45, 2.75) is 52.6 Å². The predicted molar refractivity (Wildman–Crippen MR) is 94.4 cm³/mol. The molecule has 0 aliphatic carbocycles. The van der Waals surface area contributed by atoms with E-state index in [1.807, 2.05) is 39.4 Å². The fourth-order valence-corrected chi connectivity index (χ4v) is 3.56. The third-order valence-electron chi connectivity index (χ3n) is 4.23. The highest BCUT2D eigenvalue weighted by Crippen LogP contribution is 2.36. The molecule has 6 nitrogen and oxygen atoms in total. The van der Waals surface area contributed by atoms with Gasteiger partial charge in [0, 0.05) is 26.6 Å². The summed E-state index contributed by atoms with van der Waals surface area (Å²) in [6, 6.07) is 2.47. The van der Waals surface area contributed by atoms with E-state index in [0.29, 0.717) is 19.5 Å². The molecular formula is C17H25BrN4O2. The minimum Gasteiger partial charge on any atom is -0.444 e. The zero-order chi connectivity index (χ0) is 18.1. The van der Waals surface area contributed by atoms with Crippen LogP contribution in [0.1, 0.15) is 45.0 Å². The molecule has 0 radical (unpaired) electrons. The Morgan fingerprint density at radius 1 is 1.50 bits per heavy atom. The average Bonchev–Trinajstić information content (AvgIpc) is 2.72. The Kier molecular flexibility index (Phi) is 5.28. The summed E-state index contributed by atoms with van der Waals surface area (Å²) < 4.78 is 8.22. The van der Waals surface area contributed by atoms with E-state index in [9.17, 15) is 10.1 Å². The molecule has 24 heavy (non-hydrogen) atoms. The molecule has 0 bridgehead atoms. The number of rotatable bonds is 2. The summed E-state index contributed by atoms with van der Waals surface area (Å²) >= 11 is 3.57. The standard InChI is InChI=1S/C17H25BrN4O2/c1-12-14(18)13(21(5)20-12)9-17(10-19)7-6-8-22(11-17)15(23)24-16(2,3)4/h6-9,11H2,1-5H3. The zero-order valence-electron chi connectivity index (χ0n) is 15.0. The molecule has 0 spiro atoms. The molecule has 7 heteroatoms. The number of likely N-dealkylation sites (tertiary alicyclic amines) is 1. The van der Waals surface area contributed by atoms with Crippen molar-refractivity contribution < 1.29 is 9.53 Å². The summed E-state index contributed by atoms with van der Waals surface area (Å²) in [6.07, 6.45) is 1.77. The molecule has 0 N–H and O–H groups in total. The van der Waals surface area contributed by atoms with Crippen molar-refractivity contribution in [1.82, 2.24) is 14.7 Å². The molecule has 0 saturated carbocycles. The number of piperidine rings is 1.